The SMILES string of the molecule is O=C(O)C1CCCC(C(=O)N2CCCC2c2ccccc2)C1. The Morgan fingerprint density at radius 3 is 2.45 bits per heavy atom. The molecule has 3 unspecified atom stereocenters. The van der Waals surface area contributed by atoms with Crippen molar-refractivity contribution in [2.75, 3.05) is 6.54 Å². The van der Waals surface area contributed by atoms with Crippen LogP contribution in [0.25, 0.3) is 0 Å². The lowest BCUT2D eigenvalue weighted by atomic mass is 9.80. The molecule has 0 radical (unpaired) electrons. The van der Waals surface area contributed by atoms with E-state index < -0.39 is 5.97 Å². The molecule has 1 N–H and O–H groups in total. The smallest absolute Gasteiger partial charge is 0.306 e. The molecule has 1 aliphatic heterocycles. The molecule has 4 nitrogen and oxygen atoms in total. The largest absolute Gasteiger partial charge is 0.481 e. The average Bonchev–Trinajstić information content (AvgIpc) is 3.04. The lowest BCUT2D eigenvalue weighted by Gasteiger charge is -2.32. The van der Waals surface area contributed by atoms with E-state index in [0.29, 0.717) is 12.8 Å². The Labute approximate surface area is 131 Å². The summed E-state index contributed by atoms with van der Waals surface area (Å²) in [7, 11) is 0. The van der Waals surface area contributed by atoms with E-state index in [1.54, 1.807) is 0 Å². The van der Waals surface area contributed by atoms with Gasteiger partial charge in [0.05, 0.1) is 12.0 Å². The Balaban J connectivity index is 1.72. The molecule has 22 heavy (non-hydrogen) atoms. The Bertz CT molecular complexity index is 543. The van der Waals surface area contributed by atoms with Crippen LogP contribution >= 0.6 is 0 Å². The first-order valence-corrected chi connectivity index (χ1v) is 8.25. The minimum atomic E-state index is -0.751. The molecule has 0 aromatic heterocycles. The van der Waals surface area contributed by atoms with Gasteiger partial charge >= 0.3 is 5.97 Å². The Morgan fingerprint density at radius 2 is 1.73 bits per heavy atom. The van der Waals surface area contributed by atoms with Gasteiger partial charge < -0.3 is 10.0 Å². The van der Waals surface area contributed by atoms with Gasteiger partial charge in [-0.1, -0.05) is 36.8 Å². The lowest BCUT2D eigenvalue weighted by Crippen LogP contribution is -2.38. The average molecular weight is 301 g/mol. The van der Waals surface area contributed by atoms with Crippen LogP contribution in [0.15, 0.2) is 30.3 Å². The summed E-state index contributed by atoms with van der Waals surface area (Å²) in [6.45, 7) is 0.798. The van der Waals surface area contributed by atoms with Gasteiger partial charge in [0.2, 0.25) is 5.91 Å². The summed E-state index contributed by atoms with van der Waals surface area (Å²) in [4.78, 5) is 26.1. The summed E-state index contributed by atoms with van der Waals surface area (Å²) in [5.74, 6) is -1.05. The number of rotatable bonds is 3. The second-order valence-corrected chi connectivity index (χ2v) is 6.50. The number of hydrogen-bond donors (Lipinski definition) is 1. The first-order chi connectivity index (χ1) is 10.7. The molecule has 118 valence electrons. The molecule has 1 heterocycles. The van der Waals surface area contributed by atoms with Crippen molar-refractivity contribution < 1.29 is 14.7 Å². The van der Waals surface area contributed by atoms with E-state index in [1.807, 2.05) is 23.1 Å². The van der Waals surface area contributed by atoms with Crippen LogP contribution in [0.2, 0.25) is 0 Å². The van der Waals surface area contributed by atoms with Crippen LogP contribution in [0.1, 0.15) is 50.1 Å². The van der Waals surface area contributed by atoms with Crippen molar-refractivity contribution in [2.24, 2.45) is 11.8 Å². The third kappa shape index (κ3) is 3.01. The minimum Gasteiger partial charge on any atom is -0.481 e. The van der Waals surface area contributed by atoms with E-state index >= 15 is 0 Å². The fourth-order valence-corrected chi connectivity index (χ4v) is 3.93. The molecular weight excluding hydrogens is 278 g/mol. The van der Waals surface area contributed by atoms with Gasteiger partial charge in [0, 0.05) is 12.5 Å². The topological polar surface area (TPSA) is 57.6 Å². The molecular formula is C18H23NO3. The molecule has 1 saturated carbocycles. The predicted octanol–water partition coefficient (Wildman–Crippen LogP) is 3.24. The summed E-state index contributed by atoms with van der Waals surface area (Å²) in [5.41, 5.74) is 1.19. The summed E-state index contributed by atoms with van der Waals surface area (Å²) < 4.78 is 0. The van der Waals surface area contributed by atoms with E-state index in [9.17, 15) is 14.7 Å². The summed E-state index contributed by atoms with van der Waals surface area (Å²) >= 11 is 0. The Morgan fingerprint density at radius 1 is 1.00 bits per heavy atom. The van der Waals surface area contributed by atoms with E-state index in [-0.39, 0.29) is 23.8 Å². The maximum Gasteiger partial charge on any atom is 0.306 e. The molecule has 1 aliphatic carbocycles. The van der Waals surface area contributed by atoms with Crippen molar-refractivity contribution in [1.82, 2.24) is 4.90 Å². The zero-order valence-corrected chi connectivity index (χ0v) is 12.8. The van der Waals surface area contributed by atoms with Crippen molar-refractivity contribution in [1.29, 1.82) is 0 Å². The molecule has 2 fully saturated rings. The van der Waals surface area contributed by atoms with Crippen LogP contribution in [0.4, 0.5) is 0 Å². The molecule has 1 amide bonds. The van der Waals surface area contributed by atoms with Crippen LogP contribution in [-0.2, 0) is 9.59 Å². The second-order valence-electron chi connectivity index (χ2n) is 6.50. The number of carboxylic acid groups (broad SMARTS) is 1. The van der Waals surface area contributed by atoms with Gasteiger partial charge in [-0.2, -0.15) is 0 Å². The zero-order valence-electron chi connectivity index (χ0n) is 12.8. The van der Waals surface area contributed by atoms with Crippen LogP contribution in [-0.4, -0.2) is 28.4 Å². The monoisotopic (exact) mass is 301 g/mol. The third-order valence-electron chi connectivity index (χ3n) is 5.09. The first kappa shape index (κ1) is 15.1. The van der Waals surface area contributed by atoms with Crippen LogP contribution < -0.4 is 0 Å². The Kier molecular flexibility index (Phi) is 4.46. The summed E-state index contributed by atoms with van der Waals surface area (Å²) in [6.07, 6.45) is 4.93. The molecule has 2 aliphatic rings. The molecule has 3 rings (SSSR count). The number of aliphatic carboxylic acids is 1. The van der Waals surface area contributed by atoms with Crippen molar-refractivity contribution in [3.63, 3.8) is 0 Å². The van der Waals surface area contributed by atoms with Gasteiger partial charge in [0.15, 0.2) is 0 Å². The highest BCUT2D eigenvalue weighted by Gasteiger charge is 2.37. The molecule has 3 atom stereocenters. The number of benzene rings is 1. The number of amides is 1. The van der Waals surface area contributed by atoms with E-state index in [0.717, 1.165) is 32.2 Å². The van der Waals surface area contributed by atoms with Crippen molar-refractivity contribution >= 4 is 11.9 Å². The molecule has 1 saturated heterocycles. The van der Waals surface area contributed by atoms with Crippen LogP contribution in [0.5, 0.6) is 0 Å². The highest BCUT2D eigenvalue weighted by Crippen LogP contribution is 2.37. The number of carboxylic acids is 1. The minimum absolute atomic E-state index is 0.112. The standard InChI is InChI=1S/C18H23NO3/c20-17(14-8-4-9-15(12-14)18(21)22)19-11-5-10-16(19)13-6-2-1-3-7-13/h1-3,6-7,14-16H,4-5,8-12H2,(H,21,22). The second kappa shape index (κ2) is 6.51. The van der Waals surface area contributed by atoms with Gasteiger partial charge in [0.25, 0.3) is 0 Å². The van der Waals surface area contributed by atoms with Gasteiger partial charge in [-0.25, -0.2) is 0 Å². The van der Waals surface area contributed by atoms with Gasteiger partial charge in [0.1, 0.15) is 0 Å². The van der Waals surface area contributed by atoms with Gasteiger partial charge in [-0.05, 0) is 37.7 Å². The molecule has 4 heteroatoms. The predicted molar refractivity (Wildman–Crippen MR) is 83.2 cm³/mol. The van der Waals surface area contributed by atoms with Gasteiger partial charge in [-0.3, -0.25) is 9.59 Å². The number of hydrogen-bond acceptors (Lipinski definition) is 2. The molecule has 0 spiro atoms. The van der Waals surface area contributed by atoms with E-state index in [4.69, 9.17) is 0 Å². The number of nitrogens with zero attached hydrogens (tertiary/aromatic N) is 1. The lowest BCUT2D eigenvalue weighted by molar-refractivity contribution is -0.145. The maximum atomic E-state index is 12.9. The van der Waals surface area contributed by atoms with E-state index in [2.05, 4.69) is 12.1 Å². The highest BCUT2D eigenvalue weighted by atomic mass is 16.4. The van der Waals surface area contributed by atoms with Crippen LogP contribution in [0.3, 0.4) is 0 Å². The van der Waals surface area contributed by atoms with E-state index in [1.165, 1.54) is 5.56 Å². The number of carbonyl (C=O) groups excluding carboxylic acids is 1. The molecule has 1 aromatic carbocycles. The highest BCUT2D eigenvalue weighted by molar-refractivity contribution is 5.81. The summed E-state index contributed by atoms with van der Waals surface area (Å²) in [5, 5.41) is 9.21. The van der Waals surface area contributed by atoms with Gasteiger partial charge in [-0.15, -0.1) is 0 Å². The zero-order chi connectivity index (χ0) is 15.5. The van der Waals surface area contributed by atoms with Crippen LogP contribution in [0, 0.1) is 11.8 Å². The summed E-state index contributed by atoms with van der Waals surface area (Å²) in [6, 6.07) is 10.3. The van der Waals surface area contributed by atoms with Crippen molar-refractivity contribution in [3.05, 3.63) is 35.9 Å². The number of carbonyl (C=O) groups is 2. The quantitative estimate of drug-likeness (QED) is 0.932. The van der Waals surface area contributed by atoms with Crippen molar-refractivity contribution in [3.8, 4) is 0 Å². The van der Waals surface area contributed by atoms with Crippen molar-refractivity contribution in [2.45, 2.75) is 44.6 Å². The fraction of sp³-hybridized carbons (Fsp3) is 0.556. The number of likely N-dealkylation sites (tertiary alicyclic amines) is 1. The third-order valence-corrected chi connectivity index (χ3v) is 5.09. The first-order valence-electron chi connectivity index (χ1n) is 8.25. The maximum absolute atomic E-state index is 12.9. The molecule has 1 aromatic rings. The molecule has 0 bridgehead atoms. The Hall–Kier alpha value is -1.84. The fourth-order valence-electron chi connectivity index (χ4n) is 3.93. The normalized spacial score (nSPS) is 28.5.